The van der Waals surface area contributed by atoms with E-state index in [4.69, 9.17) is 5.11 Å². The molecule has 1 aliphatic carbocycles. The van der Waals surface area contributed by atoms with E-state index >= 15 is 0 Å². The van der Waals surface area contributed by atoms with Gasteiger partial charge in [0.15, 0.2) is 0 Å². The van der Waals surface area contributed by atoms with Crippen molar-refractivity contribution >= 4 is 5.78 Å². The molecule has 1 N–H and O–H groups in total. The lowest BCUT2D eigenvalue weighted by Gasteiger charge is -2.26. The number of carbonyl (C=O) groups excluding carboxylic acids is 1. The summed E-state index contributed by atoms with van der Waals surface area (Å²) in [5, 5.41) is 8.93. The van der Waals surface area contributed by atoms with Crippen LogP contribution in [0.15, 0.2) is 0 Å². The first-order valence-corrected chi connectivity index (χ1v) is 5.67. The molecule has 0 heterocycles. The number of aliphatic hydroxyl groups is 1. The minimum atomic E-state index is 0.105. The summed E-state index contributed by atoms with van der Waals surface area (Å²) >= 11 is 0. The molecule has 0 radical (unpaired) electrons. The van der Waals surface area contributed by atoms with Gasteiger partial charge in [0.05, 0.1) is 12.6 Å². The standard InChI is InChI=1S/C11H21NO2/c1-2-3-7-12(8-9-13)10-5-4-6-11(10)14/h10,13H,2-9H2,1H3. The number of aliphatic hydroxyl groups excluding tert-OH is 1. The molecule has 3 nitrogen and oxygen atoms in total. The molecule has 3 heteroatoms. The first-order chi connectivity index (χ1) is 6.79. The molecule has 1 rings (SSSR count). The van der Waals surface area contributed by atoms with E-state index in [1.54, 1.807) is 0 Å². The highest BCUT2D eigenvalue weighted by Gasteiger charge is 2.29. The average Bonchev–Trinajstić information content (AvgIpc) is 2.59. The lowest BCUT2D eigenvalue weighted by Crippen LogP contribution is -2.40. The van der Waals surface area contributed by atoms with Crippen molar-refractivity contribution in [2.45, 2.75) is 45.1 Å². The molecule has 0 bridgehead atoms. The third-order valence-electron chi connectivity index (χ3n) is 2.90. The van der Waals surface area contributed by atoms with E-state index < -0.39 is 0 Å². The van der Waals surface area contributed by atoms with Crippen LogP contribution >= 0.6 is 0 Å². The van der Waals surface area contributed by atoms with Crippen molar-refractivity contribution < 1.29 is 9.90 Å². The van der Waals surface area contributed by atoms with Crippen LogP contribution in [0.5, 0.6) is 0 Å². The number of ketones is 1. The number of nitrogens with zero attached hydrogens (tertiary/aromatic N) is 1. The Hall–Kier alpha value is -0.410. The predicted molar refractivity (Wildman–Crippen MR) is 56.2 cm³/mol. The van der Waals surface area contributed by atoms with Gasteiger partial charge in [-0.3, -0.25) is 9.69 Å². The zero-order valence-electron chi connectivity index (χ0n) is 9.04. The largest absolute Gasteiger partial charge is 0.395 e. The molecule has 0 saturated heterocycles. The van der Waals surface area contributed by atoms with E-state index in [0.717, 1.165) is 38.6 Å². The van der Waals surface area contributed by atoms with Crippen LogP contribution in [0.1, 0.15) is 39.0 Å². The number of hydrogen-bond acceptors (Lipinski definition) is 3. The fourth-order valence-corrected chi connectivity index (χ4v) is 2.10. The summed E-state index contributed by atoms with van der Waals surface area (Å²) in [6.07, 6.45) is 5.01. The fourth-order valence-electron chi connectivity index (χ4n) is 2.10. The third-order valence-corrected chi connectivity index (χ3v) is 2.90. The van der Waals surface area contributed by atoms with E-state index in [-0.39, 0.29) is 12.6 Å². The van der Waals surface area contributed by atoms with Crippen LogP contribution in [0, 0.1) is 0 Å². The van der Waals surface area contributed by atoms with Crippen molar-refractivity contribution in [2.24, 2.45) is 0 Å². The lowest BCUT2D eigenvalue weighted by atomic mass is 10.2. The van der Waals surface area contributed by atoms with Gasteiger partial charge in [0.25, 0.3) is 0 Å². The molecule has 1 saturated carbocycles. The maximum atomic E-state index is 11.5. The first kappa shape index (κ1) is 11.7. The van der Waals surface area contributed by atoms with Gasteiger partial charge in [-0.2, -0.15) is 0 Å². The Morgan fingerprint density at radius 2 is 2.29 bits per heavy atom. The van der Waals surface area contributed by atoms with Gasteiger partial charge < -0.3 is 5.11 Å². The Balaban J connectivity index is 2.43. The summed E-state index contributed by atoms with van der Waals surface area (Å²) in [4.78, 5) is 13.7. The Morgan fingerprint density at radius 1 is 1.50 bits per heavy atom. The maximum Gasteiger partial charge on any atom is 0.149 e. The maximum absolute atomic E-state index is 11.5. The van der Waals surface area contributed by atoms with E-state index in [1.807, 2.05) is 0 Å². The second kappa shape index (κ2) is 6.14. The molecule has 82 valence electrons. The molecular weight excluding hydrogens is 178 g/mol. The van der Waals surface area contributed by atoms with Gasteiger partial charge in [-0.15, -0.1) is 0 Å². The average molecular weight is 199 g/mol. The van der Waals surface area contributed by atoms with Crippen molar-refractivity contribution in [1.29, 1.82) is 0 Å². The minimum Gasteiger partial charge on any atom is -0.395 e. The Morgan fingerprint density at radius 3 is 2.79 bits per heavy atom. The summed E-state index contributed by atoms with van der Waals surface area (Å²) in [7, 11) is 0. The molecule has 0 aromatic heterocycles. The summed E-state index contributed by atoms with van der Waals surface area (Å²) in [6, 6.07) is 0.105. The molecule has 0 aromatic rings. The predicted octanol–water partition coefficient (Wildman–Crippen LogP) is 1.20. The van der Waals surface area contributed by atoms with E-state index in [0.29, 0.717) is 12.3 Å². The van der Waals surface area contributed by atoms with Crippen LogP contribution in [0.2, 0.25) is 0 Å². The summed E-state index contributed by atoms with van der Waals surface area (Å²) in [6.45, 7) is 3.91. The summed E-state index contributed by atoms with van der Waals surface area (Å²) in [5.74, 6) is 0.370. The third kappa shape index (κ3) is 3.07. The monoisotopic (exact) mass is 199 g/mol. The number of hydrogen-bond donors (Lipinski definition) is 1. The molecule has 1 atom stereocenters. The van der Waals surface area contributed by atoms with E-state index in [9.17, 15) is 4.79 Å². The van der Waals surface area contributed by atoms with E-state index in [2.05, 4.69) is 11.8 Å². The van der Waals surface area contributed by atoms with Crippen molar-refractivity contribution in [2.75, 3.05) is 19.7 Å². The van der Waals surface area contributed by atoms with Crippen LogP contribution in [0.25, 0.3) is 0 Å². The topological polar surface area (TPSA) is 40.5 Å². The highest BCUT2D eigenvalue weighted by Crippen LogP contribution is 2.20. The zero-order valence-corrected chi connectivity index (χ0v) is 9.04. The number of unbranched alkanes of at least 4 members (excludes halogenated alkanes) is 1. The van der Waals surface area contributed by atoms with Gasteiger partial charge in [0.2, 0.25) is 0 Å². The SMILES string of the molecule is CCCCN(CCO)C1CCCC1=O. The first-order valence-electron chi connectivity index (χ1n) is 5.67. The van der Waals surface area contributed by atoms with Crippen LogP contribution in [-0.2, 0) is 4.79 Å². The Labute approximate surface area is 86.1 Å². The smallest absolute Gasteiger partial charge is 0.149 e. The molecule has 0 amide bonds. The highest BCUT2D eigenvalue weighted by molar-refractivity contribution is 5.85. The molecule has 0 aliphatic heterocycles. The molecule has 0 aromatic carbocycles. The molecule has 14 heavy (non-hydrogen) atoms. The summed E-state index contributed by atoms with van der Waals surface area (Å²) in [5.41, 5.74) is 0. The van der Waals surface area contributed by atoms with Crippen molar-refractivity contribution in [3.63, 3.8) is 0 Å². The normalized spacial score (nSPS) is 22.2. The second-order valence-electron chi connectivity index (χ2n) is 3.99. The molecule has 0 spiro atoms. The zero-order chi connectivity index (χ0) is 10.4. The van der Waals surface area contributed by atoms with Gasteiger partial charge in [-0.25, -0.2) is 0 Å². The minimum absolute atomic E-state index is 0.105. The van der Waals surface area contributed by atoms with Crippen LogP contribution < -0.4 is 0 Å². The van der Waals surface area contributed by atoms with Crippen molar-refractivity contribution in [3.05, 3.63) is 0 Å². The highest BCUT2D eigenvalue weighted by atomic mass is 16.3. The van der Waals surface area contributed by atoms with Crippen LogP contribution in [0.4, 0.5) is 0 Å². The molecule has 1 unspecified atom stereocenters. The lowest BCUT2D eigenvalue weighted by molar-refractivity contribution is -0.122. The molecular formula is C11H21NO2. The molecule has 1 aliphatic rings. The van der Waals surface area contributed by atoms with Crippen LogP contribution in [0.3, 0.4) is 0 Å². The number of Topliss-reactive ketones (excluding diaryl/α,β-unsaturated/α-hetero) is 1. The van der Waals surface area contributed by atoms with Crippen LogP contribution in [-0.4, -0.2) is 41.5 Å². The van der Waals surface area contributed by atoms with Gasteiger partial charge in [-0.1, -0.05) is 13.3 Å². The molecule has 1 fully saturated rings. The van der Waals surface area contributed by atoms with Crippen molar-refractivity contribution in [3.8, 4) is 0 Å². The van der Waals surface area contributed by atoms with Crippen molar-refractivity contribution in [1.82, 2.24) is 4.90 Å². The fraction of sp³-hybridized carbons (Fsp3) is 0.909. The van der Waals surface area contributed by atoms with Gasteiger partial charge in [-0.05, 0) is 25.8 Å². The Bertz CT molecular complexity index is 182. The van der Waals surface area contributed by atoms with Gasteiger partial charge in [0, 0.05) is 13.0 Å². The van der Waals surface area contributed by atoms with E-state index in [1.165, 1.54) is 0 Å². The van der Waals surface area contributed by atoms with Gasteiger partial charge >= 0.3 is 0 Å². The Kier molecular flexibility index (Phi) is 5.12. The number of carbonyl (C=O) groups is 1. The number of rotatable bonds is 6. The second-order valence-corrected chi connectivity index (χ2v) is 3.99. The van der Waals surface area contributed by atoms with Gasteiger partial charge in [0.1, 0.15) is 5.78 Å². The summed E-state index contributed by atoms with van der Waals surface area (Å²) < 4.78 is 0. The quantitative estimate of drug-likeness (QED) is 0.699.